The van der Waals surface area contributed by atoms with Crippen molar-refractivity contribution in [2.24, 2.45) is 10.7 Å². The standard InChI is InChI=1S/C11H18N4O2S/c1-2-9-5-11-6-10(7-15(11)8-13-9)14-18(16,17)4-3-12/h2,5,8-10,14H,1,3-4,6-7,12H2/t9-,10-/m0/s1. The van der Waals surface area contributed by atoms with E-state index in [-0.39, 0.29) is 24.4 Å². The number of sulfonamides is 1. The van der Waals surface area contributed by atoms with Gasteiger partial charge in [-0.15, -0.1) is 6.58 Å². The van der Waals surface area contributed by atoms with Crippen LogP contribution in [0.2, 0.25) is 0 Å². The number of hydrogen-bond donors (Lipinski definition) is 2. The van der Waals surface area contributed by atoms with E-state index in [1.807, 2.05) is 11.0 Å². The lowest BCUT2D eigenvalue weighted by molar-refractivity contribution is 0.526. The van der Waals surface area contributed by atoms with E-state index in [0.717, 1.165) is 5.70 Å². The summed E-state index contributed by atoms with van der Waals surface area (Å²) in [6, 6.07) is -0.113. The molecule has 2 aliphatic rings. The molecule has 2 heterocycles. The number of fused-ring (bicyclic) bond motifs is 1. The Morgan fingerprint density at radius 2 is 2.44 bits per heavy atom. The van der Waals surface area contributed by atoms with Gasteiger partial charge in [0.15, 0.2) is 0 Å². The third-order valence-electron chi connectivity index (χ3n) is 2.96. The third-order valence-corrected chi connectivity index (χ3v) is 4.42. The van der Waals surface area contributed by atoms with Gasteiger partial charge in [0.2, 0.25) is 10.0 Å². The number of nitrogens with one attached hydrogen (secondary N) is 1. The lowest BCUT2D eigenvalue weighted by Gasteiger charge is -2.19. The molecule has 0 aromatic rings. The number of hydrogen-bond acceptors (Lipinski definition) is 5. The van der Waals surface area contributed by atoms with Crippen molar-refractivity contribution in [3.8, 4) is 0 Å². The van der Waals surface area contributed by atoms with E-state index in [4.69, 9.17) is 5.73 Å². The van der Waals surface area contributed by atoms with Crippen LogP contribution in [0.1, 0.15) is 6.42 Å². The molecule has 2 rings (SSSR count). The van der Waals surface area contributed by atoms with Crippen LogP contribution in [0.3, 0.4) is 0 Å². The molecule has 7 heteroatoms. The van der Waals surface area contributed by atoms with Crippen molar-refractivity contribution in [2.45, 2.75) is 18.5 Å². The van der Waals surface area contributed by atoms with Crippen LogP contribution in [0.5, 0.6) is 0 Å². The molecule has 0 unspecified atom stereocenters. The van der Waals surface area contributed by atoms with Crippen molar-refractivity contribution in [3.63, 3.8) is 0 Å². The molecule has 0 bridgehead atoms. The summed E-state index contributed by atoms with van der Waals surface area (Å²) in [7, 11) is -3.27. The summed E-state index contributed by atoms with van der Waals surface area (Å²) in [5, 5.41) is 0. The largest absolute Gasteiger partial charge is 0.335 e. The average Bonchev–Trinajstić information content (AvgIpc) is 2.68. The van der Waals surface area contributed by atoms with Gasteiger partial charge >= 0.3 is 0 Å². The molecule has 0 amide bonds. The Bertz CT molecular complexity index is 483. The maximum atomic E-state index is 11.6. The molecule has 1 fully saturated rings. The number of aliphatic imine (C=N–C) groups is 1. The van der Waals surface area contributed by atoms with Gasteiger partial charge in [-0.1, -0.05) is 6.08 Å². The molecule has 0 saturated carbocycles. The quantitative estimate of drug-likeness (QED) is 0.654. The van der Waals surface area contributed by atoms with Gasteiger partial charge < -0.3 is 10.6 Å². The van der Waals surface area contributed by atoms with Crippen molar-refractivity contribution in [1.29, 1.82) is 0 Å². The van der Waals surface area contributed by atoms with Gasteiger partial charge in [-0.05, 0) is 6.08 Å². The zero-order chi connectivity index (χ0) is 13.2. The molecule has 2 aliphatic heterocycles. The van der Waals surface area contributed by atoms with Gasteiger partial charge in [0.05, 0.1) is 18.1 Å². The van der Waals surface area contributed by atoms with E-state index in [2.05, 4.69) is 16.3 Å². The van der Waals surface area contributed by atoms with Crippen molar-refractivity contribution >= 4 is 16.4 Å². The van der Waals surface area contributed by atoms with E-state index < -0.39 is 10.0 Å². The van der Waals surface area contributed by atoms with Crippen LogP contribution >= 0.6 is 0 Å². The first kappa shape index (κ1) is 13.3. The monoisotopic (exact) mass is 270 g/mol. The summed E-state index contributed by atoms with van der Waals surface area (Å²) < 4.78 is 25.9. The Labute approximate surface area is 107 Å². The van der Waals surface area contributed by atoms with Crippen LogP contribution in [0, 0.1) is 0 Å². The van der Waals surface area contributed by atoms with E-state index in [9.17, 15) is 8.42 Å². The van der Waals surface area contributed by atoms with Crippen LogP contribution in [0.4, 0.5) is 0 Å². The maximum absolute atomic E-state index is 11.6. The summed E-state index contributed by atoms with van der Waals surface area (Å²) in [4.78, 5) is 6.24. The Morgan fingerprint density at radius 3 is 3.11 bits per heavy atom. The van der Waals surface area contributed by atoms with Crippen molar-refractivity contribution < 1.29 is 8.42 Å². The molecule has 0 spiro atoms. The van der Waals surface area contributed by atoms with Crippen LogP contribution in [0.25, 0.3) is 0 Å². The second-order valence-electron chi connectivity index (χ2n) is 4.43. The molecule has 6 nitrogen and oxygen atoms in total. The molecule has 2 atom stereocenters. The van der Waals surface area contributed by atoms with Crippen LogP contribution < -0.4 is 10.5 Å². The Balaban J connectivity index is 2.01. The molecule has 0 radical (unpaired) electrons. The predicted molar refractivity (Wildman–Crippen MR) is 71.6 cm³/mol. The molecule has 3 N–H and O–H groups in total. The molecule has 100 valence electrons. The summed E-state index contributed by atoms with van der Waals surface area (Å²) in [5.74, 6) is -0.0358. The number of nitrogens with zero attached hydrogens (tertiary/aromatic N) is 2. The van der Waals surface area contributed by atoms with Gasteiger partial charge in [-0.25, -0.2) is 13.1 Å². The van der Waals surface area contributed by atoms with Crippen LogP contribution in [0.15, 0.2) is 29.4 Å². The van der Waals surface area contributed by atoms with Crippen molar-refractivity contribution in [1.82, 2.24) is 9.62 Å². The van der Waals surface area contributed by atoms with Gasteiger partial charge in [-0.3, -0.25) is 4.99 Å². The van der Waals surface area contributed by atoms with Gasteiger partial charge in [0, 0.05) is 31.2 Å². The molecule has 18 heavy (non-hydrogen) atoms. The second-order valence-corrected chi connectivity index (χ2v) is 6.30. The first-order valence-electron chi connectivity index (χ1n) is 5.87. The Morgan fingerprint density at radius 1 is 1.67 bits per heavy atom. The fourth-order valence-electron chi connectivity index (χ4n) is 2.15. The number of nitrogens with two attached hydrogens (primary N) is 1. The highest BCUT2D eigenvalue weighted by Crippen LogP contribution is 2.24. The van der Waals surface area contributed by atoms with Crippen molar-refractivity contribution in [3.05, 3.63) is 24.4 Å². The first-order valence-corrected chi connectivity index (χ1v) is 7.52. The summed E-state index contributed by atoms with van der Waals surface area (Å²) >= 11 is 0. The topological polar surface area (TPSA) is 87.8 Å². The fourth-order valence-corrected chi connectivity index (χ4v) is 3.24. The molecular weight excluding hydrogens is 252 g/mol. The van der Waals surface area contributed by atoms with E-state index in [0.29, 0.717) is 13.0 Å². The highest BCUT2D eigenvalue weighted by Gasteiger charge is 2.30. The first-order chi connectivity index (χ1) is 8.54. The fraction of sp³-hybridized carbons (Fsp3) is 0.545. The van der Waals surface area contributed by atoms with Gasteiger partial charge in [0.1, 0.15) is 0 Å². The Kier molecular flexibility index (Phi) is 3.84. The Hall–Kier alpha value is -1.18. The third kappa shape index (κ3) is 2.98. The molecule has 1 saturated heterocycles. The summed E-state index contributed by atoms with van der Waals surface area (Å²) in [6.45, 7) is 4.45. The predicted octanol–water partition coefficient (Wildman–Crippen LogP) is -0.581. The lowest BCUT2D eigenvalue weighted by atomic mass is 10.2. The minimum absolute atomic E-state index is 0.00403. The smallest absolute Gasteiger partial charge is 0.213 e. The van der Waals surface area contributed by atoms with E-state index in [1.165, 1.54) is 0 Å². The normalized spacial score (nSPS) is 26.9. The van der Waals surface area contributed by atoms with Crippen LogP contribution in [-0.2, 0) is 10.0 Å². The summed E-state index contributed by atoms with van der Waals surface area (Å²) in [5.41, 5.74) is 6.36. The molecule has 0 aromatic heterocycles. The minimum atomic E-state index is -3.27. The second kappa shape index (κ2) is 5.21. The molecule has 0 aliphatic carbocycles. The molecule has 0 aromatic carbocycles. The highest BCUT2D eigenvalue weighted by atomic mass is 32.2. The lowest BCUT2D eigenvalue weighted by Crippen LogP contribution is -2.39. The van der Waals surface area contributed by atoms with Crippen molar-refractivity contribution in [2.75, 3.05) is 18.8 Å². The van der Waals surface area contributed by atoms with E-state index >= 15 is 0 Å². The maximum Gasteiger partial charge on any atom is 0.213 e. The van der Waals surface area contributed by atoms with Gasteiger partial charge in [-0.2, -0.15) is 0 Å². The van der Waals surface area contributed by atoms with Crippen LogP contribution in [-0.4, -0.2) is 50.6 Å². The molecular formula is C11H18N4O2S. The zero-order valence-corrected chi connectivity index (χ0v) is 10.9. The minimum Gasteiger partial charge on any atom is -0.335 e. The summed E-state index contributed by atoms with van der Waals surface area (Å²) in [6.07, 6.45) is 6.19. The number of rotatable bonds is 5. The zero-order valence-electron chi connectivity index (χ0n) is 10.1. The SMILES string of the molecule is C=C[C@H]1C=C2C[C@H](NS(=O)(=O)CCN)CN2C=N1. The van der Waals surface area contributed by atoms with Gasteiger partial charge in [0.25, 0.3) is 0 Å². The van der Waals surface area contributed by atoms with E-state index in [1.54, 1.807) is 12.4 Å². The average molecular weight is 270 g/mol. The highest BCUT2D eigenvalue weighted by molar-refractivity contribution is 7.89.